The molecule has 0 amide bonds. The fraction of sp³-hybridized carbons (Fsp3) is 0.800. The maximum atomic E-state index is 6.30. The molecule has 4 nitrogen and oxygen atoms in total. The van der Waals surface area contributed by atoms with Crippen LogP contribution in [0.25, 0.3) is 0 Å². The Kier molecular flexibility index (Phi) is 11.2. The Balaban J connectivity index is 2.39. The first kappa shape index (κ1) is 20.7. The van der Waals surface area contributed by atoms with Gasteiger partial charge in [-0.3, -0.25) is 0 Å². The molecule has 0 atom stereocenters. The maximum absolute atomic E-state index is 6.30. The Bertz CT molecular complexity index is 408. The third-order valence-corrected chi connectivity index (χ3v) is 4.66. The third-order valence-electron chi connectivity index (χ3n) is 4.66. The number of hydrogen-bond acceptors (Lipinski definition) is 4. The highest BCUT2D eigenvalue weighted by Crippen LogP contribution is 2.20. The molecule has 0 spiro atoms. The Morgan fingerprint density at radius 1 is 0.583 bits per heavy atom. The quantitative estimate of drug-likeness (QED) is 0.444. The van der Waals surface area contributed by atoms with Gasteiger partial charge in [0.2, 0.25) is 5.95 Å². The molecular weight excluding hydrogens is 296 g/mol. The Morgan fingerprint density at radius 3 is 1.38 bits per heavy atom. The molecule has 4 heteroatoms. The van der Waals surface area contributed by atoms with Gasteiger partial charge in [0.15, 0.2) is 0 Å². The minimum Gasteiger partial charge on any atom is -0.396 e. The predicted molar refractivity (Wildman–Crippen MR) is 105 cm³/mol. The van der Waals surface area contributed by atoms with Crippen LogP contribution in [-0.4, -0.2) is 9.97 Å². The molecule has 1 aromatic rings. The van der Waals surface area contributed by atoms with Crippen LogP contribution in [0.4, 0.5) is 11.6 Å². The van der Waals surface area contributed by atoms with Crippen molar-refractivity contribution in [2.75, 3.05) is 11.5 Å². The highest BCUT2D eigenvalue weighted by atomic mass is 15.0. The van der Waals surface area contributed by atoms with Crippen LogP contribution in [-0.2, 0) is 12.8 Å². The van der Waals surface area contributed by atoms with Crippen molar-refractivity contribution in [3.8, 4) is 0 Å². The standard InChI is InChI=1S/C20H38N4/c1-3-5-7-9-11-13-15-17-19(21)18(24-20(22)23-17)16-14-12-10-8-6-4-2/h3-16,21H2,1-2H3,(H2,22,23,24). The zero-order valence-corrected chi connectivity index (χ0v) is 15.9. The van der Waals surface area contributed by atoms with Gasteiger partial charge in [0.25, 0.3) is 0 Å². The molecule has 0 aliphatic heterocycles. The first-order valence-corrected chi connectivity index (χ1v) is 10.1. The molecule has 1 heterocycles. The van der Waals surface area contributed by atoms with Gasteiger partial charge in [-0.2, -0.15) is 0 Å². The van der Waals surface area contributed by atoms with Gasteiger partial charge in [0.1, 0.15) is 0 Å². The smallest absolute Gasteiger partial charge is 0.220 e. The van der Waals surface area contributed by atoms with Crippen LogP contribution in [0.1, 0.15) is 102 Å². The van der Waals surface area contributed by atoms with Gasteiger partial charge in [-0.1, -0.05) is 78.1 Å². The molecule has 138 valence electrons. The SMILES string of the molecule is CCCCCCCCc1nc(N)nc(CCCCCCCC)c1N. The molecule has 24 heavy (non-hydrogen) atoms. The van der Waals surface area contributed by atoms with E-state index >= 15 is 0 Å². The van der Waals surface area contributed by atoms with Crippen LogP contribution < -0.4 is 11.5 Å². The van der Waals surface area contributed by atoms with E-state index in [1.54, 1.807) is 0 Å². The summed E-state index contributed by atoms with van der Waals surface area (Å²) in [6.45, 7) is 4.49. The van der Waals surface area contributed by atoms with E-state index in [9.17, 15) is 0 Å². The summed E-state index contributed by atoms with van der Waals surface area (Å²) >= 11 is 0. The summed E-state index contributed by atoms with van der Waals surface area (Å²) in [5.74, 6) is 0.381. The van der Waals surface area contributed by atoms with Crippen LogP contribution in [0.2, 0.25) is 0 Å². The molecule has 0 aliphatic rings. The summed E-state index contributed by atoms with van der Waals surface area (Å²) in [5, 5.41) is 0. The van der Waals surface area contributed by atoms with Crippen molar-refractivity contribution >= 4 is 11.6 Å². The van der Waals surface area contributed by atoms with Gasteiger partial charge in [0.05, 0.1) is 17.1 Å². The number of nitrogens with two attached hydrogens (primary N) is 2. The van der Waals surface area contributed by atoms with Crippen molar-refractivity contribution in [3.05, 3.63) is 11.4 Å². The van der Waals surface area contributed by atoms with Crippen LogP contribution >= 0.6 is 0 Å². The Hall–Kier alpha value is -1.32. The number of hydrogen-bond donors (Lipinski definition) is 2. The van der Waals surface area contributed by atoms with Gasteiger partial charge >= 0.3 is 0 Å². The average Bonchev–Trinajstić information content (AvgIpc) is 2.57. The first-order chi connectivity index (χ1) is 11.7. The van der Waals surface area contributed by atoms with Gasteiger partial charge < -0.3 is 11.5 Å². The molecular formula is C20H38N4. The zero-order chi connectivity index (χ0) is 17.6. The summed E-state index contributed by atoms with van der Waals surface area (Å²) in [6.07, 6.45) is 17.2. The van der Waals surface area contributed by atoms with Crippen molar-refractivity contribution in [2.24, 2.45) is 0 Å². The van der Waals surface area contributed by atoms with Crippen LogP contribution in [0, 0.1) is 0 Å². The highest BCUT2D eigenvalue weighted by molar-refractivity contribution is 5.50. The average molecular weight is 335 g/mol. The van der Waals surface area contributed by atoms with Crippen molar-refractivity contribution in [1.82, 2.24) is 9.97 Å². The van der Waals surface area contributed by atoms with E-state index in [4.69, 9.17) is 11.5 Å². The van der Waals surface area contributed by atoms with Gasteiger partial charge in [-0.05, 0) is 25.7 Å². The minimum atomic E-state index is 0.381. The van der Waals surface area contributed by atoms with Crippen molar-refractivity contribution in [3.63, 3.8) is 0 Å². The number of anilines is 2. The second-order valence-corrected chi connectivity index (χ2v) is 6.92. The molecule has 1 rings (SSSR count). The van der Waals surface area contributed by atoms with E-state index in [2.05, 4.69) is 23.8 Å². The molecule has 0 saturated heterocycles. The van der Waals surface area contributed by atoms with Gasteiger partial charge in [-0.15, -0.1) is 0 Å². The molecule has 0 fully saturated rings. The number of nitrogen functional groups attached to an aromatic ring is 2. The monoisotopic (exact) mass is 334 g/mol. The third kappa shape index (κ3) is 8.51. The van der Waals surface area contributed by atoms with E-state index in [1.807, 2.05) is 0 Å². The number of nitrogens with zero attached hydrogens (tertiary/aromatic N) is 2. The molecule has 1 aromatic heterocycles. The van der Waals surface area contributed by atoms with E-state index in [0.717, 1.165) is 42.8 Å². The Morgan fingerprint density at radius 2 is 0.958 bits per heavy atom. The lowest BCUT2D eigenvalue weighted by atomic mass is 10.0. The second kappa shape index (κ2) is 13.0. The normalized spacial score (nSPS) is 11.1. The minimum absolute atomic E-state index is 0.381. The van der Waals surface area contributed by atoms with E-state index in [-0.39, 0.29) is 0 Å². The summed E-state index contributed by atoms with van der Waals surface area (Å²) in [7, 11) is 0. The summed E-state index contributed by atoms with van der Waals surface area (Å²) in [4.78, 5) is 8.76. The van der Waals surface area contributed by atoms with Crippen molar-refractivity contribution < 1.29 is 0 Å². The zero-order valence-electron chi connectivity index (χ0n) is 15.9. The molecule has 0 bridgehead atoms. The van der Waals surface area contributed by atoms with E-state index < -0.39 is 0 Å². The van der Waals surface area contributed by atoms with Gasteiger partial charge in [0, 0.05) is 0 Å². The summed E-state index contributed by atoms with van der Waals surface area (Å²) < 4.78 is 0. The molecule has 0 unspecified atom stereocenters. The highest BCUT2D eigenvalue weighted by Gasteiger charge is 2.10. The molecule has 4 N–H and O–H groups in total. The summed E-state index contributed by atoms with van der Waals surface area (Å²) in [6, 6.07) is 0. The largest absolute Gasteiger partial charge is 0.396 e. The Labute approximate surface area is 148 Å². The van der Waals surface area contributed by atoms with Crippen molar-refractivity contribution in [2.45, 2.75) is 104 Å². The number of aryl methyl sites for hydroxylation is 2. The fourth-order valence-electron chi connectivity index (χ4n) is 3.12. The summed E-state index contributed by atoms with van der Waals surface area (Å²) in [5.41, 5.74) is 14.9. The topological polar surface area (TPSA) is 77.8 Å². The number of aromatic nitrogens is 2. The first-order valence-electron chi connectivity index (χ1n) is 10.1. The number of unbranched alkanes of at least 4 members (excludes halogenated alkanes) is 10. The maximum Gasteiger partial charge on any atom is 0.220 e. The predicted octanol–water partition coefficient (Wildman–Crippen LogP) is 5.45. The lowest BCUT2D eigenvalue weighted by molar-refractivity contribution is 0.601. The van der Waals surface area contributed by atoms with E-state index in [1.165, 1.54) is 64.2 Å². The second-order valence-electron chi connectivity index (χ2n) is 6.92. The fourth-order valence-corrected chi connectivity index (χ4v) is 3.12. The van der Waals surface area contributed by atoms with Crippen LogP contribution in [0.15, 0.2) is 0 Å². The number of rotatable bonds is 14. The molecule has 0 aliphatic carbocycles. The van der Waals surface area contributed by atoms with Gasteiger partial charge in [-0.25, -0.2) is 9.97 Å². The van der Waals surface area contributed by atoms with Crippen LogP contribution in [0.3, 0.4) is 0 Å². The molecule has 0 radical (unpaired) electrons. The molecule has 0 aromatic carbocycles. The van der Waals surface area contributed by atoms with E-state index in [0.29, 0.717) is 5.95 Å². The lowest BCUT2D eigenvalue weighted by Gasteiger charge is -2.11. The van der Waals surface area contributed by atoms with Crippen molar-refractivity contribution in [1.29, 1.82) is 0 Å². The van der Waals surface area contributed by atoms with Crippen LogP contribution in [0.5, 0.6) is 0 Å². The lowest BCUT2D eigenvalue weighted by Crippen LogP contribution is -2.09. The molecule has 0 saturated carbocycles.